The summed E-state index contributed by atoms with van der Waals surface area (Å²) in [6, 6.07) is 5.43. The third-order valence-corrected chi connectivity index (χ3v) is 3.58. The molecule has 2 fully saturated rings. The lowest BCUT2D eigenvalue weighted by Crippen LogP contribution is -2.30. The Labute approximate surface area is 107 Å². The van der Waals surface area contributed by atoms with E-state index in [-0.39, 0.29) is 12.0 Å². The van der Waals surface area contributed by atoms with Crippen LogP contribution in [0.1, 0.15) is 29.8 Å². The number of likely N-dealkylation sites (tertiary alicyclic amines) is 1. The van der Waals surface area contributed by atoms with Crippen LogP contribution in [0.15, 0.2) is 24.4 Å². The minimum Gasteiger partial charge on any atom is -0.376 e. The number of ether oxygens (including phenoxy) is 1. The fourth-order valence-electron chi connectivity index (χ4n) is 2.26. The minimum atomic E-state index is 0.0214. The summed E-state index contributed by atoms with van der Waals surface area (Å²) in [5.74, 6) is 0.804. The highest BCUT2D eigenvalue weighted by Gasteiger charge is 2.30. The molecule has 3 rings (SSSR count). The molecule has 96 valence electrons. The number of carbonyl (C=O) groups excluding carboxylic acids is 1. The summed E-state index contributed by atoms with van der Waals surface area (Å²) in [4.78, 5) is 18.1. The van der Waals surface area contributed by atoms with Gasteiger partial charge in [0.2, 0.25) is 0 Å². The topological polar surface area (TPSA) is 42.4 Å². The van der Waals surface area contributed by atoms with E-state index in [1.165, 1.54) is 12.8 Å². The number of pyridine rings is 1. The van der Waals surface area contributed by atoms with E-state index in [2.05, 4.69) is 4.98 Å². The van der Waals surface area contributed by atoms with Gasteiger partial charge in [0.1, 0.15) is 5.69 Å². The SMILES string of the molecule is O=C(c1ccccn1)N1CCC(OCC2CC2)C1. The van der Waals surface area contributed by atoms with Gasteiger partial charge in [-0.25, -0.2) is 0 Å². The summed E-state index contributed by atoms with van der Waals surface area (Å²) in [5, 5.41) is 0. The van der Waals surface area contributed by atoms with E-state index in [9.17, 15) is 4.79 Å². The first kappa shape index (κ1) is 11.7. The molecule has 0 spiro atoms. The molecule has 1 amide bonds. The molecule has 1 unspecified atom stereocenters. The van der Waals surface area contributed by atoms with Gasteiger partial charge in [-0.05, 0) is 37.3 Å². The fourth-order valence-corrected chi connectivity index (χ4v) is 2.26. The van der Waals surface area contributed by atoms with E-state index in [1.807, 2.05) is 17.0 Å². The highest BCUT2D eigenvalue weighted by atomic mass is 16.5. The fraction of sp³-hybridized carbons (Fsp3) is 0.571. The molecule has 0 aromatic carbocycles. The standard InChI is InChI=1S/C14H18N2O2/c17-14(13-3-1-2-7-15-13)16-8-6-12(9-16)18-10-11-4-5-11/h1-3,7,11-12H,4-6,8-10H2. The van der Waals surface area contributed by atoms with Crippen molar-refractivity contribution < 1.29 is 9.53 Å². The van der Waals surface area contributed by atoms with Crippen molar-refractivity contribution in [1.29, 1.82) is 0 Å². The molecule has 1 aromatic heterocycles. The van der Waals surface area contributed by atoms with Crippen molar-refractivity contribution in [2.75, 3.05) is 19.7 Å². The third kappa shape index (κ3) is 2.70. The van der Waals surface area contributed by atoms with Gasteiger partial charge in [-0.2, -0.15) is 0 Å². The van der Waals surface area contributed by atoms with Crippen molar-refractivity contribution in [2.24, 2.45) is 5.92 Å². The second-order valence-electron chi connectivity index (χ2n) is 5.15. The van der Waals surface area contributed by atoms with Gasteiger partial charge in [-0.1, -0.05) is 6.07 Å². The summed E-state index contributed by atoms with van der Waals surface area (Å²) >= 11 is 0. The Morgan fingerprint density at radius 1 is 1.39 bits per heavy atom. The van der Waals surface area contributed by atoms with E-state index in [0.29, 0.717) is 12.2 Å². The normalized spacial score (nSPS) is 23.3. The van der Waals surface area contributed by atoms with Crippen molar-refractivity contribution in [3.05, 3.63) is 30.1 Å². The van der Waals surface area contributed by atoms with Crippen LogP contribution in [0.5, 0.6) is 0 Å². The Balaban J connectivity index is 1.53. The summed E-state index contributed by atoms with van der Waals surface area (Å²) in [7, 11) is 0. The van der Waals surface area contributed by atoms with Gasteiger partial charge in [0, 0.05) is 25.9 Å². The zero-order valence-corrected chi connectivity index (χ0v) is 10.4. The Hall–Kier alpha value is -1.42. The second-order valence-corrected chi connectivity index (χ2v) is 5.15. The minimum absolute atomic E-state index is 0.0214. The molecule has 1 saturated heterocycles. The van der Waals surface area contributed by atoms with E-state index in [4.69, 9.17) is 4.74 Å². The lowest BCUT2D eigenvalue weighted by Gasteiger charge is -2.16. The summed E-state index contributed by atoms with van der Waals surface area (Å²) < 4.78 is 5.83. The number of amides is 1. The zero-order chi connectivity index (χ0) is 12.4. The molecular formula is C14H18N2O2. The molecule has 0 N–H and O–H groups in total. The zero-order valence-electron chi connectivity index (χ0n) is 10.4. The number of nitrogens with zero attached hydrogens (tertiary/aromatic N) is 2. The largest absolute Gasteiger partial charge is 0.376 e. The van der Waals surface area contributed by atoms with Gasteiger partial charge in [0.15, 0.2) is 0 Å². The number of hydrogen-bond donors (Lipinski definition) is 0. The number of hydrogen-bond acceptors (Lipinski definition) is 3. The number of aromatic nitrogens is 1. The van der Waals surface area contributed by atoms with Crippen LogP contribution in [0.4, 0.5) is 0 Å². The van der Waals surface area contributed by atoms with Crippen LogP contribution in [0.2, 0.25) is 0 Å². The average Bonchev–Trinajstić information content (AvgIpc) is 3.14. The predicted molar refractivity (Wildman–Crippen MR) is 67.2 cm³/mol. The molecule has 2 heterocycles. The van der Waals surface area contributed by atoms with Crippen LogP contribution in [0.25, 0.3) is 0 Å². The van der Waals surface area contributed by atoms with Crippen LogP contribution in [0, 0.1) is 5.92 Å². The molecule has 18 heavy (non-hydrogen) atoms. The molecular weight excluding hydrogens is 228 g/mol. The number of rotatable bonds is 4. The van der Waals surface area contributed by atoms with Gasteiger partial charge >= 0.3 is 0 Å². The Morgan fingerprint density at radius 3 is 3.00 bits per heavy atom. The summed E-state index contributed by atoms with van der Waals surface area (Å²) in [5.41, 5.74) is 0.528. The predicted octanol–water partition coefficient (Wildman–Crippen LogP) is 1.72. The quantitative estimate of drug-likeness (QED) is 0.812. The molecule has 4 nitrogen and oxygen atoms in total. The van der Waals surface area contributed by atoms with Crippen LogP contribution in [-0.4, -0.2) is 41.6 Å². The van der Waals surface area contributed by atoms with Crippen LogP contribution in [0.3, 0.4) is 0 Å². The maximum atomic E-state index is 12.2. The summed E-state index contributed by atoms with van der Waals surface area (Å²) in [6.07, 6.45) is 5.45. The highest BCUT2D eigenvalue weighted by Crippen LogP contribution is 2.30. The van der Waals surface area contributed by atoms with E-state index < -0.39 is 0 Å². The van der Waals surface area contributed by atoms with Gasteiger partial charge in [-0.15, -0.1) is 0 Å². The Morgan fingerprint density at radius 2 is 2.28 bits per heavy atom. The van der Waals surface area contributed by atoms with Crippen LogP contribution in [-0.2, 0) is 4.74 Å². The molecule has 1 saturated carbocycles. The molecule has 0 radical (unpaired) electrons. The van der Waals surface area contributed by atoms with Gasteiger partial charge in [0.05, 0.1) is 6.10 Å². The second kappa shape index (κ2) is 5.06. The van der Waals surface area contributed by atoms with Crippen LogP contribution >= 0.6 is 0 Å². The third-order valence-electron chi connectivity index (χ3n) is 3.58. The first-order chi connectivity index (χ1) is 8.83. The van der Waals surface area contributed by atoms with Crippen molar-refractivity contribution in [1.82, 2.24) is 9.88 Å². The van der Waals surface area contributed by atoms with E-state index in [1.54, 1.807) is 12.3 Å². The first-order valence-electron chi connectivity index (χ1n) is 6.65. The van der Waals surface area contributed by atoms with Crippen LogP contribution < -0.4 is 0 Å². The van der Waals surface area contributed by atoms with E-state index in [0.717, 1.165) is 25.5 Å². The van der Waals surface area contributed by atoms with E-state index >= 15 is 0 Å². The van der Waals surface area contributed by atoms with Gasteiger partial charge in [0.25, 0.3) is 5.91 Å². The van der Waals surface area contributed by atoms with Crippen molar-refractivity contribution in [2.45, 2.75) is 25.4 Å². The lowest BCUT2D eigenvalue weighted by molar-refractivity contribution is 0.0479. The molecule has 1 aliphatic heterocycles. The maximum Gasteiger partial charge on any atom is 0.272 e. The monoisotopic (exact) mass is 246 g/mol. The maximum absolute atomic E-state index is 12.2. The highest BCUT2D eigenvalue weighted by molar-refractivity contribution is 5.92. The van der Waals surface area contributed by atoms with Gasteiger partial charge < -0.3 is 9.64 Å². The van der Waals surface area contributed by atoms with Crippen molar-refractivity contribution >= 4 is 5.91 Å². The first-order valence-corrected chi connectivity index (χ1v) is 6.65. The molecule has 1 atom stereocenters. The average molecular weight is 246 g/mol. The Bertz CT molecular complexity index is 417. The summed E-state index contributed by atoms with van der Waals surface area (Å²) in [6.45, 7) is 2.36. The number of carbonyl (C=O) groups is 1. The Kier molecular flexibility index (Phi) is 3.28. The van der Waals surface area contributed by atoms with Crippen molar-refractivity contribution in [3.63, 3.8) is 0 Å². The smallest absolute Gasteiger partial charge is 0.272 e. The molecule has 1 aromatic rings. The molecule has 1 aliphatic carbocycles. The van der Waals surface area contributed by atoms with Crippen molar-refractivity contribution in [3.8, 4) is 0 Å². The molecule has 4 heteroatoms. The van der Waals surface area contributed by atoms with Gasteiger partial charge in [-0.3, -0.25) is 9.78 Å². The molecule has 2 aliphatic rings. The molecule has 0 bridgehead atoms. The lowest BCUT2D eigenvalue weighted by atomic mass is 10.3.